The zero-order valence-corrected chi connectivity index (χ0v) is 23.5. The Bertz CT molecular complexity index is 1160. The minimum atomic E-state index is -0.0642. The van der Waals surface area contributed by atoms with Crippen LogP contribution in [0.4, 0.5) is 22.7 Å². The molecule has 6 heteroatoms. The summed E-state index contributed by atoms with van der Waals surface area (Å²) in [5, 5.41) is 3.33. The maximum Gasteiger partial charge on any atom is 0.207 e. The smallest absolute Gasteiger partial charge is 0.207 e. The topological polar surface area (TPSA) is 74.0 Å². The van der Waals surface area contributed by atoms with Gasteiger partial charge in [0.2, 0.25) is 5.78 Å². The molecule has 3 N–H and O–H groups in total. The average Bonchev–Trinajstić information content (AvgIpc) is 2.87. The van der Waals surface area contributed by atoms with E-state index in [1.54, 1.807) is 6.08 Å². The maximum atomic E-state index is 13.3. The van der Waals surface area contributed by atoms with Gasteiger partial charge in [0.1, 0.15) is 0 Å². The second-order valence-corrected chi connectivity index (χ2v) is 9.97. The van der Waals surface area contributed by atoms with Crippen LogP contribution in [0.5, 0.6) is 0 Å². The number of hydrogen-bond acceptors (Lipinski definition) is 6. The summed E-state index contributed by atoms with van der Waals surface area (Å²) in [5.74, 6) is -0.0642. The van der Waals surface area contributed by atoms with E-state index in [4.69, 9.17) is 10.7 Å². The highest BCUT2D eigenvalue weighted by molar-refractivity contribution is 6.25. The van der Waals surface area contributed by atoms with Gasteiger partial charge in [-0.05, 0) is 103 Å². The van der Waals surface area contributed by atoms with E-state index in [0.29, 0.717) is 41.2 Å². The van der Waals surface area contributed by atoms with Gasteiger partial charge in [-0.1, -0.05) is 13.3 Å². The lowest BCUT2D eigenvalue weighted by Crippen LogP contribution is -2.30. The number of nitrogens with two attached hydrogens (primary N) is 1. The number of nitrogens with zero attached hydrogens (tertiary/aromatic N) is 3. The minimum Gasteiger partial charge on any atom is -0.397 e. The lowest BCUT2D eigenvalue weighted by molar-refractivity contribution is -0.112. The molecule has 0 bridgehead atoms. The van der Waals surface area contributed by atoms with Gasteiger partial charge in [0.15, 0.2) is 0 Å². The molecule has 37 heavy (non-hydrogen) atoms. The predicted octanol–water partition coefficient (Wildman–Crippen LogP) is 6.82. The number of benzene rings is 2. The SMILES string of the molecule is CCCC1=C(N)C(=Nc2ccc(N(CC)C(C)C)cc2)C=C(Nc2ccc(N(CC)C(C)C)cc2)C1=O. The lowest BCUT2D eigenvalue weighted by atomic mass is 9.93. The third-order valence-corrected chi connectivity index (χ3v) is 6.74. The molecule has 0 aliphatic heterocycles. The van der Waals surface area contributed by atoms with Gasteiger partial charge >= 0.3 is 0 Å². The molecule has 1 aliphatic rings. The number of aliphatic imine (C=N–C) groups is 1. The fourth-order valence-electron chi connectivity index (χ4n) is 4.84. The summed E-state index contributed by atoms with van der Waals surface area (Å²) in [6.45, 7) is 17.0. The van der Waals surface area contributed by atoms with Crippen molar-refractivity contribution in [3.05, 3.63) is 71.6 Å². The Kier molecular flexibility index (Phi) is 9.56. The van der Waals surface area contributed by atoms with Gasteiger partial charge in [-0.25, -0.2) is 4.99 Å². The first-order valence-electron chi connectivity index (χ1n) is 13.5. The molecule has 3 rings (SSSR count). The fourth-order valence-corrected chi connectivity index (χ4v) is 4.84. The van der Waals surface area contributed by atoms with Gasteiger partial charge in [-0.2, -0.15) is 0 Å². The van der Waals surface area contributed by atoms with E-state index in [1.807, 2.05) is 24.3 Å². The zero-order valence-electron chi connectivity index (χ0n) is 23.5. The molecule has 198 valence electrons. The molecule has 6 nitrogen and oxygen atoms in total. The highest BCUT2D eigenvalue weighted by atomic mass is 16.1. The highest BCUT2D eigenvalue weighted by Crippen LogP contribution is 2.27. The molecule has 0 spiro atoms. The van der Waals surface area contributed by atoms with Crippen molar-refractivity contribution in [1.29, 1.82) is 0 Å². The van der Waals surface area contributed by atoms with Crippen LogP contribution in [-0.2, 0) is 4.79 Å². The zero-order chi connectivity index (χ0) is 27.1. The molecule has 0 amide bonds. The standard InChI is InChI=1S/C31H43N5O/c1-8-11-27-30(32)28(33-23-12-16-25(17-13-23)35(9-2)21(4)5)20-29(31(27)37)34-24-14-18-26(19-15-24)36(10-3)22(6)7/h12-22,34H,8-11,32H2,1-7H3. The number of Topliss-reactive ketones (excluding diaryl/α,β-unsaturated/α-hetero) is 1. The van der Waals surface area contributed by atoms with Crippen molar-refractivity contribution in [3.8, 4) is 0 Å². The molecule has 0 radical (unpaired) electrons. The molecular weight excluding hydrogens is 458 g/mol. The molecule has 1 aliphatic carbocycles. The third-order valence-electron chi connectivity index (χ3n) is 6.74. The first-order valence-corrected chi connectivity index (χ1v) is 13.5. The molecule has 0 heterocycles. The van der Waals surface area contributed by atoms with E-state index in [-0.39, 0.29) is 5.78 Å². The number of anilines is 3. The number of nitrogens with one attached hydrogen (secondary N) is 1. The van der Waals surface area contributed by atoms with Crippen molar-refractivity contribution >= 4 is 34.2 Å². The molecule has 0 saturated carbocycles. The van der Waals surface area contributed by atoms with Crippen LogP contribution >= 0.6 is 0 Å². The number of carbonyl (C=O) groups excluding carboxylic acids is 1. The summed E-state index contributed by atoms with van der Waals surface area (Å²) >= 11 is 0. The highest BCUT2D eigenvalue weighted by Gasteiger charge is 2.25. The summed E-state index contributed by atoms with van der Waals surface area (Å²) in [4.78, 5) is 22.8. The Morgan fingerprint density at radius 1 is 0.838 bits per heavy atom. The van der Waals surface area contributed by atoms with Crippen LogP contribution in [-0.4, -0.2) is 36.7 Å². The third kappa shape index (κ3) is 6.62. The maximum absolute atomic E-state index is 13.3. The number of hydrogen-bond donors (Lipinski definition) is 2. The monoisotopic (exact) mass is 501 g/mol. The van der Waals surface area contributed by atoms with Gasteiger partial charge < -0.3 is 20.9 Å². The van der Waals surface area contributed by atoms with Gasteiger partial charge in [0, 0.05) is 47.8 Å². The molecule has 0 unspecified atom stereocenters. The van der Waals surface area contributed by atoms with Crippen molar-refractivity contribution in [2.75, 3.05) is 28.2 Å². The summed E-state index contributed by atoms with van der Waals surface area (Å²) < 4.78 is 0. The van der Waals surface area contributed by atoms with Gasteiger partial charge in [-0.3, -0.25) is 4.79 Å². The summed E-state index contributed by atoms with van der Waals surface area (Å²) in [6, 6.07) is 17.2. The Balaban J connectivity index is 1.92. The van der Waals surface area contributed by atoms with E-state index in [1.165, 1.54) is 0 Å². The summed E-state index contributed by atoms with van der Waals surface area (Å²) in [6.07, 6.45) is 3.22. The second kappa shape index (κ2) is 12.6. The molecule has 0 saturated heterocycles. The van der Waals surface area contributed by atoms with Gasteiger partial charge in [0.05, 0.1) is 22.8 Å². The normalized spacial score (nSPS) is 15.0. The minimum absolute atomic E-state index is 0.0642. The van der Waals surface area contributed by atoms with Crippen LogP contribution in [0.1, 0.15) is 61.3 Å². The second-order valence-electron chi connectivity index (χ2n) is 9.97. The van der Waals surface area contributed by atoms with E-state index in [2.05, 4.69) is 87.8 Å². The van der Waals surface area contributed by atoms with Crippen LogP contribution in [0.15, 0.2) is 76.6 Å². The fraction of sp³-hybridized carbons (Fsp3) is 0.419. The predicted molar refractivity (Wildman–Crippen MR) is 159 cm³/mol. The van der Waals surface area contributed by atoms with Gasteiger partial charge in [0.25, 0.3) is 0 Å². The number of allylic oxidation sites excluding steroid dienone is 2. The molecule has 2 aromatic carbocycles. The molecule has 0 aromatic heterocycles. The van der Waals surface area contributed by atoms with E-state index < -0.39 is 0 Å². The number of ketones is 1. The Morgan fingerprint density at radius 3 is 1.81 bits per heavy atom. The summed E-state index contributed by atoms with van der Waals surface area (Å²) in [7, 11) is 0. The first-order chi connectivity index (χ1) is 17.7. The Labute approximate surface area is 223 Å². The van der Waals surface area contributed by atoms with E-state index >= 15 is 0 Å². The van der Waals surface area contributed by atoms with Crippen molar-refractivity contribution in [1.82, 2.24) is 0 Å². The van der Waals surface area contributed by atoms with Crippen molar-refractivity contribution in [2.45, 2.75) is 73.4 Å². The lowest BCUT2D eigenvalue weighted by Gasteiger charge is -2.27. The number of rotatable bonds is 11. The number of carbonyl (C=O) groups is 1. The largest absolute Gasteiger partial charge is 0.397 e. The van der Waals surface area contributed by atoms with Crippen LogP contribution in [0.25, 0.3) is 0 Å². The van der Waals surface area contributed by atoms with Crippen LogP contribution in [0.3, 0.4) is 0 Å². The Morgan fingerprint density at radius 2 is 1.35 bits per heavy atom. The molecular formula is C31H43N5O. The Hall–Kier alpha value is -3.54. The molecule has 0 fully saturated rings. The van der Waals surface area contributed by atoms with Crippen LogP contribution < -0.4 is 20.9 Å². The van der Waals surface area contributed by atoms with Gasteiger partial charge in [-0.15, -0.1) is 0 Å². The quantitative estimate of drug-likeness (QED) is 0.331. The van der Waals surface area contributed by atoms with Crippen molar-refractivity contribution < 1.29 is 4.79 Å². The van der Waals surface area contributed by atoms with E-state index in [9.17, 15) is 4.79 Å². The molecule has 2 aromatic rings. The summed E-state index contributed by atoms with van der Waals surface area (Å²) in [5.41, 5.74) is 12.7. The van der Waals surface area contributed by atoms with Crippen molar-refractivity contribution in [3.63, 3.8) is 0 Å². The van der Waals surface area contributed by atoms with Crippen LogP contribution in [0.2, 0.25) is 0 Å². The molecule has 0 atom stereocenters. The average molecular weight is 502 g/mol. The van der Waals surface area contributed by atoms with Crippen LogP contribution in [0, 0.1) is 0 Å². The van der Waals surface area contributed by atoms with Crippen molar-refractivity contribution in [2.24, 2.45) is 10.7 Å². The first kappa shape index (κ1) is 28.0. The van der Waals surface area contributed by atoms with E-state index in [0.717, 1.165) is 42.3 Å².